The van der Waals surface area contributed by atoms with Crippen molar-refractivity contribution in [3.05, 3.63) is 36.4 Å². The zero-order valence-corrected chi connectivity index (χ0v) is 16.4. The van der Waals surface area contributed by atoms with Crippen LogP contribution in [-0.2, 0) is 11.3 Å². The second-order valence-electron chi connectivity index (χ2n) is 7.12. The Morgan fingerprint density at radius 1 is 1.28 bits per heavy atom. The monoisotopic (exact) mass is 401 g/mol. The van der Waals surface area contributed by atoms with Gasteiger partial charge in [-0.3, -0.25) is 14.3 Å². The maximum atomic E-state index is 12.4. The number of hydrogen-bond acceptors (Lipinski definition) is 7. The van der Waals surface area contributed by atoms with Crippen LogP contribution in [0.3, 0.4) is 0 Å². The number of rotatable bonds is 8. The van der Waals surface area contributed by atoms with Crippen LogP contribution in [0.25, 0.3) is 0 Å². The number of amides is 2. The molecule has 156 valence electrons. The normalized spacial score (nSPS) is 21.4. The number of carbonyl (C=O) groups excluding carboxylic acids is 2. The van der Waals surface area contributed by atoms with Gasteiger partial charge in [0.15, 0.2) is 0 Å². The van der Waals surface area contributed by atoms with Gasteiger partial charge in [-0.2, -0.15) is 5.10 Å². The molecular weight excluding hydrogens is 374 g/mol. The number of aliphatic hydroxyl groups excluding tert-OH is 1. The highest BCUT2D eigenvalue weighted by Gasteiger charge is 2.33. The van der Waals surface area contributed by atoms with E-state index in [-0.39, 0.29) is 17.7 Å². The van der Waals surface area contributed by atoms with E-state index >= 15 is 0 Å². The highest BCUT2D eigenvalue weighted by atomic mass is 16.3. The highest BCUT2D eigenvalue weighted by molar-refractivity contribution is 5.93. The van der Waals surface area contributed by atoms with Crippen molar-refractivity contribution in [1.82, 2.24) is 30.4 Å². The molecule has 0 spiro atoms. The topological polar surface area (TPSA) is 134 Å². The van der Waals surface area contributed by atoms with Crippen LogP contribution < -0.4 is 16.0 Å². The van der Waals surface area contributed by atoms with E-state index in [2.05, 4.69) is 31.0 Å². The Labute approximate surface area is 169 Å². The van der Waals surface area contributed by atoms with Gasteiger partial charge >= 0.3 is 0 Å². The summed E-state index contributed by atoms with van der Waals surface area (Å²) in [5.41, 5.74) is 0.327. The van der Waals surface area contributed by atoms with Gasteiger partial charge in [-0.05, 0) is 31.7 Å². The van der Waals surface area contributed by atoms with Gasteiger partial charge in [-0.25, -0.2) is 9.97 Å². The molecule has 0 radical (unpaired) electrons. The van der Waals surface area contributed by atoms with E-state index in [0.717, 1.165) is 13.0 Å². The largest absolute Gasteiger partial charge is 0.391 e. The number of nitrogens with one attached hydrogen (secondary N) is 3. The number of aryl methyl sites for hydroxylation is 1. The Morgan fingerprint density at radius 2 is 2.07 bits per heavy atom. The third-order valence-electron chi connectivity index (χ3n) is 5.06. The summed E-state index contributed by atoms with van der Waals surface area (Å²) in [6.07, 6.45) is 7.96. The predicted octanol–water partition coefficient (Wildman–Crippen LogP) is 0.181. The molecule has 10 heteroatoms. The molecular formula is C19H27N7O3. The number of hydrogen-bond donors (Lipinski definition) is 4. The quantitative estimate of drug-likeness (QED) is 0.464. The van der Waals surface area contributed by atoms with Gasteiger partial charge in [-0.15, -0.1) is 0 Å². The lowest BCUT2D eigenvalue weighted by atomic mass is 9.83. The minimum Gasteiger partial charge on any atom is -0.391 e. The van der Waals surface area contributed by atoms with Gasteiger partial charge < -0.3 is 21.1 Å². The number of carbonyl (C=O) groups is 2. The molecule has 2 heterocycles. The van der Waals surface area contributed by atoms with Crippen LogP contribution >= 0.6 is 0 Å². The van der Waals surface area contributed by atoms with Gasteiger partial charge in [0.2, 0.25) is 11.9 Å². The molecule has 3 atom stereocenters. The lowest BCUT2D eigenvalue weighted by molar-refractivity contribution is -0.127. The van der Waals surface area contributed by atoms with Crippen LogP contribution in [-0.4, -0.2) is 62.4 Å². The van der Waals surface area contributed by atoms with Crippen molar-refractivity contribution >= 4 is 17.8 Å². The molecule has 2 aromatic rings. The van der Waals surface area contributed by atoms with E-state index < -0.39 is 12.1 Å². The molecule has 29 heavy (non-hydrogen) atoms. The molecule has 1 fully saturated rings. The van der Waals surface area contributed by atoms with Crippen LogP contribution in [0.15, 0.2) is 30.9 Å². The first-order valence-electron chi connectivity index (χ1n) is 9.80. The van der Waals surface area contributed by atoms with E-state index in [1.54, 1.807) is 13.2 Å². The van der Waals surface area contributed by atoms with E-state index in [4.69, 9.17) is 0 Å². The van der Waals surface area contributed by atoms with Crippen LogP contribution in [0.4, 0.5) is 5.95 Å². The van der Waals surface area contributed by atoms with Gasteiger partial charge in [-0.1, -0.05) is 0 Å². The Kier molecular flexibility index (Phi) is 7.12. The van der Waals surface area contributed by atoms with Crippen LogP contribution in [0.5, 0.6) is 0 Å². The van der Waals surface area contributed by atoms with Crippen molar-refractivity contribution in [2.24, 2.45) is 5.92 Å². The van der Waals surface area contributed by atoms with Crippen molar-refractivity contribution in [2.45, 2.75) is 44.4 Å². The fraction of sp³-hybridized carbons (Fsp3) is 0.526. The van der Waals surface area contributed by atoms with Crippen LogP contribution in [0.1, 0.15) is 36.0 Å². The second kappa shape index (κ2) is 9.97. The lowest BCUT2D eigenvalue weighted by Gasteiger charge is -2.33. The first kappa shape index (κ1) is 20.7. The molecule has 1 aliphatic carbocycles. The SMILES string of the molecule is CNc1ncc(C(=O)N[C@H]2CC[C@H](C(=O)NCCCn3cccn3)C[C@@H]2O)cn1. The molecule has 0 aromatic carbocycles. The molecule has 4 N–H and O–H groups in total. The first-order chi connectivity index (χ1) is 14.1. The highest BCUT2D eigenvalue weighted by Crippen LogP contribution is 2.25. The van der Waals surface area contributed by atoms with Crippen molar-refractivity contribution in [2.75, 3.05) is 18.9 Å². The van der Waals surface area contributed by atoms with Crippen molar-refractivity contribution in [3.63, 3.8) is 0 Å². The molecule has 3 rings (SSSR count). The zero-order valence-electron chi connectivity index (χ0n) is 16.4. The standard InChI is InChI=1S/C19H27N7O3/c1-20-19-22-11-14(12-23-19)18(29)25-15-5-4-13(10-16(15)27)17(28)21-6-2-8-26-9-3-7-24-26/h3,7,9,11-13,15-16,27H,2,4-6,8,10H2,1H3,(H,21,28)(H,25,29)(H,20,22,23)/t13-,15-,16-/m0/s1. The maximum absolute atomic E-state index is 12.4. The Balaban J connectivity index is 1.40. The van der Waals surface area contributed by atoms with Gasteiger partial charge in [0, 0.05) is 50.8 Å². The third-order valence-corrected chi connectivity index (χ3v) is 5.06. The summed E-state index contributed by atoms with van der Waals surface area (Å²) in [6, 6.07) is 1.47. The Morgan fingerprint density at radius 3 is 2.72 bits per heavy atom. The van der Waals surface area contributed by atoms with Gasteiger partial charge in [0.1, 0.15) is 0 Å². The van der Waals surface area contributed by atoms with E-state index in [9.17, 15) is 14.7 Å². The summed E-state index contributed by atoms with van der Waals surface area (Å²) >= 11 is 0. The molecule has 0 aliphatic heterocycles. The van der Waals surface area contributed by atoms with E-state index in [0.29, 0.717) is 37.3 Å². The smallest absolute Gasteiger partial charge is 0.254 e. The Bertz CT molecular complexity index is 795. The maximum Gasteiger partial charge on any atom is 0.254 e. The molecule has 2 amide bonds. The predicted molar refractivity (Wildman–Crippen MR) is 106 cm³/mol. The summed E-state index contributed by atoms with van der Waals surface area (Å²) < 4.78 is 1.82. The zero-order chi connectivity index (χ0) is 20.6. The van der Waals surface area contributed by atoms with E-state index in [1.165, 1.54) is 12.4 Å². The van der Waals surface area contributed by atoms with Gasteiger partial charge in [0.05, 0.1) is 17.7 Å². The molecule has 10 nitrogen and oxygen atoms in total. The summed E-state index contributed by atoms with van der Waals surface area (Å²) in [4.78, 5) is 32.7. The summed E-state index contributed by atoms with van der Waals surface area (Å²) in [6.45, 7) is 1.31. The van der Waals surface area contributed by atoms with Crippen molar-refractivity contribution < 1.29 is 14.7 Å². The fourth-order valence-electron chi connectivity index (χ4n) is 3.41. The average molecular weight is 401 g/mol. The van der Waals surface area contributed by atoms with Crippen LogP contribution in [0, 0.1) is 5.92 Å². The summed E-state index contributed by atoms with van der Waals surface area (Å²) in [7, 11) is 1.69. The van der Waals surface area contributed by atoms with Gasteiger partial charge in [0.25, 0.3) is 5.91 Å². The molecule has 2 aromatic heterocycles. The molecule has 0 unspecified atom stereocenters. The first-order valence-corrected chi connectivity index (χ1v) is 9.80. The summed E-state index contributed by atoms with van der Waals surface area (Å²) in [5.74, 6) is -0.206. The van der Waals surface area contributed by atoms with Crippen LogP contribution in [0.2, 0.25) is 0 Å². The van der Waals surface area contributed by atoms with E-state index in [1.807, 2.05) is 16.9 Å². The fourth-order valence-corrected chi connectivity index (χ4v) is 3.41. The Hall–Kier alpha value is -3.01. The molecule has 1 aliphatic rings. The molecule has 0 bridgehead atoms. The number of nitrogens with zero attached hydrogens (tertiary/aromatic N) is 4. The third kappa shape index (κ3) is 5.74. The second-order valence-corrected chi connectivity index (χ2v) is 7.12. The minimum atomic E-state index is -0.773. The molecule has 1 saturated carbocycles. The molecule has 0 saturated heterocycles. The number of anilines is 1. The average Bonchev–Trinajstić information content (AvgIpc) is 3.26. The minimum absolute atomic E-state index is 0.0506. The van der Waals surface area contributed by atoms with Crippen molar-refractivity contribution in [1.29, 1.82) is 0 Å². The number of aromatic nitrogens is 4. The summed E-state index contributed by atoms with van der Waals surface area (Å²) in [5, 5.41) is 23.1. The lowest BCUT2D eigenvalue weighted by Crippen LogP contribution is -2.49. The van der Waals surface area contributed by atoms with Crippen molar-refractivity contribution in [3.8, 4) is 0 Å². The number of aliphatic hydroxyl groups is 1.